The number of anilines is 1. The molecule has 0 saturated carbocycles. The van der Waals surface area contributed by atoms with Crippen LogP contribution < -0.4 is 4.90 Å². The highest BCUT2D eigenvalue weighted by atomic mass is 127. The number of hydrogen-bond donors (Lipinski definition) is 0. The molecule has 0 radical (unpaired) electrons. The van der Waals surface area contributed by atoms with Crippen LogP contribution in [0.5, 0.6) is 0 Å². The van der Waals surface area contributed by atoms with Crippen LogP contribution >= 0.6 is 22.6 Å². The van der Waals surface area contributed by atoms with Crippen LogP contribution in [-0.4, -0.2) is 43.1 Å². The summed E-state index contributed by atoms with van der Waals surface area (Å²) in [7, 11) is 2.18. The van der Waals surface area contributed by atoms with Gasteiger partial charge < -0.3 is 9.80 Å². The Kier molecular flexibility index (Phi) is 3.39. The molecule has 0 amide bonds. The number of benzene rings is 1. The first-order valence-electron chi connectivity index (χ1n) is 6.22. The van der Waals surface area contributed by atoms with Gasteiger partial charge in [-0.2, -0.15) is 0 Å². The van der Waals surface area contributed by atoms with Crippen molar-refractivity contribution in [2.45, 2.75) is 0 Å². The molecular weight excluding hydrogens is 337 g/mol. The molecule has 1 fully saturated rings. The van der Waals surface area contributed by atoms with Crippen molar-refractivity contribution in [2.24, 2.45) is 0 Å². The number of aromatic nitrogens is 1. The summed E-state index contributed by atoms with van der Waals surface area (Å²) in [6, 6.07) is 8.55. The van der Waals surface area contributed by atoms with Gasteiger partial charge in [0.2, 0.25) is 0 Å². The van der Waals surface area contributed by atoms with Crippen LogP contribution in [0.4, 0.5) is 5.69 Å². The first kappa shape index (κ1) is 12.2. The highest BCUT2D eigenvalue weighted by Crippen LogP contribution is 2.24. The Hall–Kier alpha value is -0.880. The second-order valence-electron chi connectivity index (χ2n) is 4.79. The fourth-order valence-electron chi connectivity index (χ4n) is 2.34. The molecule has 0 spiro atoms. The van der Waals surface area contributed by atoms with Gasteiger partial charge >= 0.3 is 0 Å². The predicted molar refractivity (Wildman–Crippen MR) is 84.2 cm³/mol. The van der Waals surface area contributed by atoms with E-state index >= 15 is 0 Å². The van der Waals surface area contributed by atoms with Crippen molar-refractivity contribution < 1.29 is 0 Å². The van der Waals surface area contributed by atoms with Crippen LogP contribution in [0.1, 0.15) is 0 Å². The smallest absolute Gasteiger partial charge is 0.0714 e. The minimum atomic E-state index is 1.08. The Morgan fingerprint density at radius 1 is 1.17 bits per heavy atom. The number of fused-ring (bicyclic) bond motifs is 1. The van der Waals surface area contributed by atoms with Crippen LogP contribution in [0.2, 0.25) is 0 Å². The third-order valence-electron chi connectivity index (χ3n) is 3.53. The lowest BCUT2D eigenvalue weighted by Crippen LogP contribution is -2.44. The van der Waals surface area contributed by atoms with Gasteiger partial charge in [0.1, 0.15) is 0 Å². The molecule has 0 bridgehead atoms. The van der Waals surface area contributed by atoms with Gasteiger partial charge in [0.05, 0.1) is 17.4 Å². The first-order valence-corrected chi connectivity index (χ1v) is 7.30. The molecule has 0 N–H and O–H groups in total. The molecule has 1 aromatic carbocycles. The van der Waals surface area contributed by atoms with E-state index in [4.69, 9.17) is 0 Å². The highest BCUT2D eigenvalue weighted by molar-refractivity contribution is 14.1. The van der Waals surface area contributed by atoms with Gasteiger partial charge in [-0.15, -0.1) is 0 Å². The number of rotatable bonds is 1. The van der Waals surface area contributed by atoms with Crippen molar-refractivity contribution in [1.29, 1.82) is 0 Å². The summed E-state index contributed by atoms with van der Waals surface area (Å²) in [5, 5.41) is 1.26. The third-order valence-corrected chi connectivity index (χ3v) is 4.47. The first-order chi connectivity index (χ1) is 8.74. The van der Waals surface area contributed by atoms with Crippen molar-refractivity contribution in [3.63, 3.8) is 0 Å². The standard InChI is InChI=1S/C14H16IN3/c1-17-5-7-18(8-6-17)11-9-12-13(15)3-2-4-14(12)16-10-11/h2-4,9-10H,5-8H2,1H3. The van der Waals surface area contributed by atoms with E-state index in [-0.39, 0.29) is 0 Å². The summed E-state index contributed by atoms with van der Waals surface area (Å²) in [6.07, 6.45) is 2.00. The number of halogens is 1. The Labute approximate surface area is 121 Å². The monoisotopic (exact) mass is 353 g/mol. The number of pyridine rings is 1. The Bertz CT molecular complexity index is 562. The minimum Gasteiger partial charge on any atom is -0.368 e. The highest BCUT2D eigenvalue weighted by Gasteiger charge is 2.15. The van der Waals surface area contributed by atoms with Crippen molar-refractivity contribution in [1.82, 2.24) is 9.88 Å². The summed E-state index contributed by atoms with van der Waals surface area (Å²) in [4.78, 5) is 9.37. The maximum Gasteiger partial charge on any atom is 0.0714 e. The van der Waals surface area contributed by atoms with E-state index in [2.05, 4.69) is 68.7 Å². The fourth-order valence-corrected chi connectivity index (χ4v) is 2.98. The van der Waals surface area contributed by atoms with Gasteiger partial charge in [-0.1, -0.05) is 6.07 Å². The molecule has 3 rings (SSSR count). The molecule has 1 aliphatic rings. The average Bonchev–Trinajstić information content (AvgIpc) is 2.40. The van der Waals surface area contributed by atoms with Gasteiger partial charge in [-0.25, -0.2) is 0 Å². The summed E-state index contributed by atoms with van der Waals surface area (Å²) >= 11 is 2.38. The zero-order chi connectivity index (χ0) is 12.5. The van der Waals surface area contributed by atoms with E-state index in [0.717, 1.165) is 31.7 Å². The summed E-state index contributed by atoms with van der Waals surface area (Å²) in [5.74, 6) is 0. The van der Waals surface area contributed by atoms with Crippen LogP contribution in [-0.2, 0) is 0 Å². The molecule has 1 saturated heterocycles. The molecule has 0 unspecified atom stereocenters. The second kappa shape index (κ2) is 5.01. The second-order valence-corrected chi connectivity index (χ2v) is 5.95. The Morgan fingerprint density at radius 3 is 2.72 bits per heavy atom. The topological polar surface area (TPSA) is 19.4 Å². The third kappa shape index (κ3) is 2.31. The summed E-state index contributed by atoms with van der Waals surface area (Å²) in [5.41, 5.74) is 2.33. The zero-order valence-corrected chi connectivity index (χ0v) is 12.6. The molecule has 1 aliphatic heterocycles. The summed E-state index contributed by atoms with van der Waals surface area (Å²) in [6.45, 7) is 4.44. The Balaban J connectivity index is 1.95. The maximum absolute atomic E-state index is 4.58. The van der Waals surface area contributed by atoms with Gasteiger partial charge in [0.25, 0.3) is 0 Å². The van der Waals surface area contributed by atoms with Gasteiger partial charge in [-0.05, 0) is 47.8 Å². The van der Waals surface area contributed by atoms with Crippen molar-refractivity contribution in [2.75, 3.05) is 38.1 Å². The summed E-state index contributed by atoms with van der Waals surface area (Å²) < 4.78 is 1.27. The van der Waals surface area contributed by atoms with E-state index in [1.807, 2.05) is 6.20 Å². The number of nitrogens with zero attached hydrogens (tertiary/aromatic N) is 3. The van der Waals surface area contributed by atoms with Gasteiger partial charge in [-0.3, -0.25) is 4.98 Å². The normalized spacial score (nSPS) is 17.3. The van der Waals surface area contributed by atoms with E-state index < -0.39 is 0 Å². The fraction of sp³-hybridized carbons (Fsp3) is 0.357. The average molecular weight is 353 g/mol. The lowest BCUT2D eigenvalue weighted by Gasteiger charge is -2.33. The van der Waals surface area contributed by atoms with Crippen molar-refractivity contribution in [3.8, 4) is 0 Å². The molecule has 94 valence electrons. The number of piperazine rings is 1. The molecule has 18 heavy (non-hydrogen) atoms. The van der Waals surface area contributed by atoms with Gasteiger partial charge in [0, 0.05) is 35.1 Å². The molecule has 1 aromatic heterocycles. The zero-order valence-electron chi connectivity index (χ0n) is 10.4. The van der Waals surface area contributed by atoms with Crippen LogP contribution in [0.3, 0.4) is 0 Å². The minimum absolute atomic E-state index is 1.08. The molecule has 3 nitrogen and oxygen atoms in total. The van der Waals surface area contributed by atoms with E-state index in [1.165, 1.54) is 14.6 Å². The molecule has 2 aromatic rings. The Morgan fingerprint density at radius 2 is 1.94 bits per heavy atom. The largest absolute Gasteiger partial charge is 0.368 e. The lowest BCUT2D eigenvalue weighted by atomic mass is 10.2. The van der Waals surface area contributed by atoms with Crippen molar-refractivity contribution >= 4 is 39.2 Å². The molecule has 2 heterocycles. The quantitative estimate of drug-likeness (QED) is 0.735. The van der Waals surface area contributed by atoms with Crippen molar-refractivity contribution in [3.05, 3.63) is 34.0 Å². The van der Waals surface area contributed by atoms with E-state index in [0.29, 0.717) is 0 Å². The maximum atomic E-state index is 4.58. The molecule has 4 heteroatoms. The van der Waals surface area contributed by atoms with Crippen LogP contribution in [0.25, 0.3) is 10.9 Å². The molecule has 0 atom stereocenters. The van der Waals surface area contributed by atoms with E-state index in [1.54, 1.807) is 0 Å². The predicted octanol–water partition coefficient (Wildman–Crippen LogP) is 2.59. The molecule has 0 aliphatic carbocycles. The SMILES string of the molecule is CN1CCN(c2cnc3cccc(I)c3c2)CC1. The number of hydrogen-bond acceptors (Lipinski definition) is 3. The van der Waals surface area contributed by atoms with E-state index in [9.17, 15) is 0 Å². The van der Waals surface area contributed by atoms with Gasteiger partial charge in [0.15, 0.2) is 0 Å². The lowest BCUT2D eigenvalue weighted by molar-refractivity contribution is 0.313. The molecular formula is C14H16IN3. The van der Waals surface area contributed by atoms with Crippen LogP contribution in [0, 0.1) is 3.57 Å². The van der Waals surface area contributed by atoms with Crippen LogP contribution in [0.15, 0.2) is 30.5 Å². The number of likely N-dealkylation sites (N-methyl/N-ethyl adjacent to an activating group) is 1.